The van der Waals surface area contributed by atoms with Crippen LogP contribution in [0.2, 0.25) is 18.1 Å². The van der Waals surface area contributed by atoms with Gasteiger partial charge in [0.25, 0.3) is 0 Å². The zero-order valence-electron chi connectivity index (χ0n) is 15.4. The second-order valence-corrected chi connectivity index (χ2v) is 12.6. The lowest BCUT2D eigenvalue weighted by Gasteiger charge is -2.37. The van der Waals surface area contributed by atoms with Gasteiger partial charge in [-0.05, 0) is 23.7 Å². The Morgan fingerprint density at radius 3 is 1.96 bits per heavy atom. The average molecular weight is 341 g/mol. The molecule has 0 spiro atoms. The maximum absolute atomic E-state index is 13.0. The molecule has 0 amide bonds. The molecule has 2 rings (SSSR count). The summed E-state index contributed by atoms with van der Waals surface area (Å²) in [4.78, 5) is 13.0. The van der Waals surface area contributed by atoms with Gasteiger partial charge in [0.15, 0.2) is 14.1 Å². The summed E-state index contributed by atoms with van der Waals surface area (Å²) in [6, 6.07) is 19.5. The molecule has 1 atom stereocenters. The molecule has 2 aromatic rings. The van der Waals surface area contributed by atoms with Gasteiger partial charge < -0.3 is 4.43 Å². The molecule has 0 N–H and O–H groups in total. The first-order valence-corrected chi connectivity index (χ1v) is 11.4. The number of hydrogen-bond acceptors (Lipinski definition) is 2. The predicted molar refractivity (Wildman–Crippen MR) is 103 cm³/mol. The first-order valence-electron chi connectivity index (χ1n) is 8.50. The summed E-state index contributed by atoms with van der Waals surface area (Å²) in [5, 5.41) is 0.129. The fourth-order valence-corrected chi connectivity index (χ4v) is 3.34. The Morgan fingerprint density at radius 1 is 0.958 bits per heavy atom. The minimum absolute atomic E-state index is 0.125. The minimum atomic E-state index is -1.90. The van der Waals surface area contributed by atoms with Crippen LogP contribution in [-0.4, -0.2) is 20.7 Å². The molecule has 24 heavy (non-hydrogen) atoms. The fourth-order valence-electron chi connectivity index (χ4n) is 2.32. The van der Waals surface area contributed by atoms with Crippen molar-refractivity contribution in [3.05, 3.63) is 71.8 Å². The molecule has 0 saturated carbocycles. The van der Waals surface area contributed by atoms with E-state index in [2.05, 4.69) is 33.9 Å². The minimum Gasteiger partial charge on any atom is -0.416 e. The molecule has 0 radical (unpaired) electrons. The molecule has 0 aromatic heterocycles. The van der Waals surface area contributed by atoms with E-state index in [0.717, 1.165) is 11.1 Å². The van der Waals surface area contributed by atoms with Crippen molar-refractivity contribution in [2.75, 3.05) is 6.61 Å². The first-order chi connectivity index (χ1) is 11.2. The van der Waals surface area contributed by atoms with Gasteiger partial charge in [0, 0.05) is 12.2 Å². The normalized spacial score (nSPS) is 13.5. The van der Waals surface area contributed by atoms with Crippen LogP contribution in [0.15, 0.2) is 60.7 Å². The topological polar surface area (TPSA) is 26.3 Å². The molecular formula is C21H28O2Si. The maximum Gasteiger partial charge on any atom is 0.192 e. The van der Waals surface area contributed by atoms with Crippen LogP contribution < -0.4 is 0 Å². The van der Waals surface area contributed by atoms with Crippen molar-refractivity contribution in [2.45, 2.75) is 44.8 Å². The van der Waals surface area contributed by atoms with Crippen molar-refractivity contribution in [3.63, 3.8) is 0 Å². The van der Waals surface area contributed by atoms with Crippen LogP contribution >= 0.6 is 0 Å². The number of rotatable bonds is 6. The lowest BCUT2D eigenvalue weighted by molar-refractivity contribution is 0.0925. The maximum atomic E-state index is 13.0. The second kappa shape index (κ2) is 7.45. The standard InChI is InChI=1S/C21H28O2Si/c1-21(2,3)24(4,5)23-16-19(17-12-8-6-9-13-17)20(22)18-14-10-7-11-15-18/h6-15,19H,16H2,1-5H3. The molecule has 3 heteroatoms. The number of ketones is 1. The molecule has 0 aliphatic carbocycles. The smallest absolute Gasteiger partial charge is 0.192 e. The quantitative estimate of drug-likeness (QED) is 0.500. The molecule has 0 fully saturated rings. The summed E-state index contributed by atoms with van der Waals surface area (Å²) >= 11 is 0. The molecule has 0 heterocycles. The molecule has 0 saturated heterocycles. The van der Waals surface area contributed by atoms with E-state index in [1.807, 2.05) is 60.7 Å². The third-order valence-corrected chi connectivity index (χ3v) is 9.49. The van der Waals surface area contributed by atoms with Crippen molar-refractivity contribution in [1.82, 2.24) is 0 Å². The van der Waals surface area contributed by atoms with E-state index >= 15 is 0 Å². The number of hydrogen-bond donors (Lipinski definition) is 0. The van der Waals surface area contributed by atoms with Crippen molar-refractivity contribution in [3.8, 4) is 0 Å². The summed E-state index contributed by atoms with van der Waals surface area (Å²) < 4.78 is 6.37. The predicted octanol–water partition coefficient (Wildman–Crippen LogP) is 5.67. The SMILES string of the molecule is CC(C)(C)[Si](C)(C)OCC(C(=O)c1ccccc1)c1ccccc1. The Morgan fingerprint density at radius 2 is 1.46 bits per heavy atom. The molecular weight excluding hydrogens is 312 g/mol. The number of benzene rings is 2. The van der Waals surface area contributed by atoms with Crippen LogP contribution in [0.3, 0.4) is 0 Å². The van der Waals surface area contributed by atoms with E-state index in [1.54, 1.807) is 0 Å². The van der Waals surface area contributed by atoms with Gasteiger partial charge in [0.05, 0.1) is 5.92 Å². The Bertz CT molecular complexity index is 657. The number of carbonyl (C=O) groups is 1. The van der Waals surface area contributed by atoms with E-state index in [9.17, 15) is 4.79 Å². The van der Waals surface area contributed by atoms with Gasteiger partial charge in [-0.2, -0.15) is 0 Å². The highest BCUT2D eigenvalue weighted by Gasteiger charge is 2.38. The van der Waals surface area contributed by atoms with E-state index in [0.29, 0.717) is 6.61 Å². The Hall–Kier alpha value is -1.71. The van der Waals surface area contributed by atoms with Crippen LogP contribution in [0.5, 0.6) is 0 Å². The van der Waals surface area contributed by atoms with E-state index in [1.165, 1.54) is 0 Å². The van der Waals surface area contributed by atoms with Gasteiger partial charge in [-0.25, -0.2) is 0 Å². The van der Waals surface area contributed by atoms with Crippen LogP contribution in [0.1, 0.15) is 42.6 Å². The zero-order chi connectivity index (χ0) is 17.8. The van der Waals surface area contributed by atoms with Gasteiger partial charge in [-0.3, -0.25) is 4.79 Å². The lowest BCUT2D eigenvalue weighted by atomic mass is 9.91. The van der Waals surface area contributed by atoms with Gasteiger partial charge >= 0.3 is 0 Å². The van der Waals surface area contributed by atoms with E-state index in [-0.39, 0.29) is 16.7 Å². The number of Topliss-reactive ketones (excluding diaryl/α,β-unsaturated/α-hetero) is 1. The molecule has 128 valence electrons. The summed E-state index contributed by atoms with van der Waals surface area (Å²) in [5.41, 5.74) is 1.76. The van der Waals surface area contributed by atoms with Crippen molar-refractivity contribution < 1.29 is 9.22 Å². The van der Waals surface area contributed by atoms with Gasteiger partial charge in [0.2, 0.25) is 0 Å². The van der Waals surface area contributed by atoms with Crippen LogP contribution in [0, 0.1) is 0 Å². The summed E-state index contributed by atoms with van der Waals surface area (Å²) in [7, 11) is -1.90. The van der Waals surface area contributed by atoms with E-state index in [4.69, 9.17) is 4.43 Å². The highest BCUT2D eigenvalue weighted by atomic mass is 28.4. The van der Waals surface area contributed by atoms with Crippen LogP contribution in [0.25, 0.3) is 0 Å². The van der Waals surface area contributed by atoms with Gasteiger partial charge in [0.1, 0.15) is 0 Å². The first kappa shape index (κ1) is 18.6. The fraction of sp³-hybridized carbons (Fsp3) is 0.381. The third kappa shape index (κ3) is 4.43. The van der Waals surface area contributed by atoms with E-state index < -0.39 is 8.32 Å². The lowest BCUT2D eigenvalue weighted by Crippen LogP contribution is -2.42. The van der Waals surface area contributed by atoms with Gasteiger partial charge in [-0.1, -0.05) is 81.4 Å². The molecule has 1 unspecified atom stereocenters. The highest BCUT2D eigenvalue weighted by Crippen LogP contribution is 2.37. The highest BCUT2D eigenvalue weighted by molar-refractivity contribution is 6.74. The summed E-state index contributed by atoms with van der Waals surface area (Å²) in [5.74, 6) is -0.136. The van der Waals surface area contributed by atoms with Crippen LogP contribution in [0.4, 0.5) is 0 Å². The van der Waals surface area contributed by atoms with Crippen LogP contribution in [-0.2, 0) is 4.43 Å². The molecule has 0 bridgehead atoms. The Labute approximate surface area is 147 Å². The molecule has 2 aromatic carbocycles. The Balaban J connectivity index is 2.27. The van der Waals surface area contributed by atoms with Crippen molar-refractivity contribution in [2.24, 2.45) is 0 Å². The Kier molecular flexibility index (Phi) is 5.78. The van der Waals surface area contributed by atoms with Crippen molar-refractivity contribution in [1.29, 1.82) is 0 Å². The zero-order valence-corrected chi connectivity index (χ0v) is 16.4. The monoisotopic (exact) mass is 340 g/mol. The molecule has 2 nitrogen and oxygen atoms in total. The summed E-state index contributed by atoms with van der Waals surface area (Å²) in [6.45, 7) is 11.5. The van der Waals surface area contributed by atoms with Gasteiger partial charge in [-0.15, -0.1) is 0 Å². The second-order valence-electron chi connectivity index (χ2n) is 7.76. The number of carbonyl (C=O) groups excluding carboxylic acids is 1. The third-order valence-electron chi connectivity index (χ3n) is 4.99. The summed E-state index contributed by atoms with van der Waals surface area (Å²) in [6.07, 6.45) is 0. The van der Waals surface area contributed by atoms with Crippen molar-refractivity contribution >= 4 is 14.1 Å². The average Bonchev–Trinajstić information content (AvgIpc) is 2.55. The molecule has 0 aliphatic heterocycles. The molecule has 0 aliphatic rings. The largest absolute Gasteiger partial charge is 0.416 e.